The number of aromatic nitrogens is 3. The van der Waals surface area contributed by atoms with Gasteiger partial charge in [0.25, 0.3) is 5.89 Å². The SMILES string of the molecule is Cc1noc(-c2ccnc(N[C@@H](CO)C(C)C)c2)n1. The van der Waals surface area contributed by atoms with Gasteiger partial charge in [0.15, 0.2) is 5.82 Å². The van der Waals surface area contributed by atoms with E-state index in [1.807, 2.05) is 26.0 Å². The average molecular weight is 262 g/mol. The zero-order valence-corrected chi connectivity index (χ0v) is 11.3. The molecule has 0 radical (unpaired) electrons. The van der Waals surface area contributed by atoms with Crippen LogP contribution in [0.15, 0.2) is 22.9 Å². The number of hydrogen-bond acceptors (Lipinski definition) is 6. The first-order valence-electron chi connectivity index (χ1n) is 6.24. The van der Waals surface area contributed by atoms with Crippen LogP contribution in [0.3, 0.4) is 0 Å². The van der Waals surface area contributed by atoms with Gasteiger partial charge in [-0.2, -0.15) is 4.98 Å². The molecule has 0 saturated heterocycles. The van der Waals surface area contributed by atoms with Gasteiger partial charge >= 0.3 is 0 Å². The van der Waals surface area contributed by atoms with Gasteiger partial charge in [0.05, 0.1) is 12.6 Å². The van der Waals surface area contributed by atoms with Crippen LogP contribution < -0.4 is 5.32 Å². The van der Waals surface area contributed by atoms with Crippen LogP contribution in [-0.4, -0.2) is 32.9 Å². The maximum atomic E-state index is 9.32. The van der Waals surface area contributed by atoms with E-state index >= 15 is 0 Å². The Morgan fingerprint density at radius 1 is 1.42 bits per heavy atom. The topological polar surface area (TPSA) is 84.1 Å². The molecular formula is C13H18N4O2. The molecule has 0 aliphatic rings. The highest BCUT2D eigenvalue weighted by Crippen LogP contribution is 2.20. The fourth-order valence-electron chi connectivity index (χ4n) is 1.67. The van der Waals surface area contributed by atoms with Gasteiger partial charge < -0.3 is 14.9 Å². The molecule has 2 N–H and O–H groups in total. The number of pyridine rings is 1. The lowest BCUT2D eigenvalue weighted by Crippen LogP contribution is -2.29. The fraction of sp³-hybridized carbons (Fsp3) is 0.462. The van der Waals surface area contributed by atoms with Crippen LogP contribution in [0.5, 0.6) is 0 Å². The van der Waals surface area contributed by atoms with E-state index < -0.39 is 0 Å². The van der Waals surface area contributed by atoms with Gasteiger partial charge in [0.2, 0.25) is 0 Å². The molecule has 0 saturated carbocycles. The number of nitrogens with one attached hydrogen (secondary N) is 1. The fourth-order valence-corrected chi connectivity index (χ4v) is 1.67. The number of aliphatic hydroxyl groups excluding tert-OH is 1. The predicted molar refractivity (Wildman–Crippen MR) is 71.6 cm³/mol. The molecule has 0 fully saturated rings. The molecule has 2 heterocycles. The molecule has 1 atom stereocenters. The maximum absolute atomic E-state index is 9.32. The first-order chi connectivity index (χ1) is 9.10. The summed E-state index contributed by atoms with van der Waals surface area (Å²) < 4.78 is 5.12. The van der Waals surface area contributed by atoms with Gasteiger partial charge in [-0.15, -0.1) is 0 Å². The summed E-state index contributed by atoms with van der Waals surface area (Å²) in [5.74, 6) is 2.05. The molecule has 0 unspecified atom stereocenters. The summed E-state index contributed by atoms with van der Waals surface area (Å²) in [6, 6.07) is 3.60. The van der Waals surface area contributed by atoms with Crippen molar-refractivity contribution < 1.29 is 9.63 Å². The molecule has 0 aromatic carbocycles. The van der Waals surface area contributed by atoms with E-state index in [1.54, 1.807) is 13.1 Å². The van der Waals surface area contributed by atoms with Crippen molar-refractivity contribution >= 4 is 5.82 Å². The minimum absolute atomic E-state index is 0.0350. The molecule has 19 heavy (non-hydrogen) atoms. The van der Waals surface area contributed by atoms with Gasteiger partial charge in [-0.25, -0.2) is 4.98 Å². The Labute approximate surface area is 111 Å². The lowest BCUT2D eigenvalue weighted by molar-refractivity contribution is 0.249. The van der Waals surface area contributed by atoms with Crippen molar-refractivity contribution in [2.75, 3.05) is 11.9 Å². The van der Waals surface area contributed by atoms with Crippen molar-refractivity contribution in [2.24, 2.45) is 5.92 Å². The molecule has 0 amide bonds. The van der Waals surface area contributed by atoms with Crippen LogP contribution in [0, 0.1) is 12.8 Å². The standard InChI is InChI=1S/C13H18N4O2/c1-8(2)11(7-18)16-12-6-10(4-5-14-12)13-15-9(3)17-19-13/h4-6,8,11,18H,7H2,1-3H3,(H,14,16)/t11-/m0/s1. The zero-order valence-electron chi connectivity index (χ0n) is 11.3. The van der Waals surface area contributed by atoms with Crippen LogP contribution >= 0.6 is 0 Å². The largest absolute Gasteiger partial charge is 0.394 e. The molecule has 0 spiro atoms. The molecule has 2 aromatic heterocycles. The van der Waals surface area contributed by atoms with E-state index in [2.05, 4.69) is 20.4 Å². The molecule has 0 bridgehead atoms. The Bertz CT molecular complexity index is 539. The van der Waals surface area contributed by atoms with Gasteiger partial charge in [-0.3, -0.25) is 0 Å². The van der Waals surface area contributed by atoms with Gasteiger partial charge in [-0.1, -0.05) is 19.0 Å². The predicted octanol–water partition coefficient (Wildman–Crippen LogP) is 1.87. The second-order valence-electron chi connectivity index (χ2n) is 4.75. The van der Waals surface area contributed by atoms with Gasteiger partial charge in [0, 0.05) is 11.8 Å². The Kier molecular flexibility index (Phi) is 4.11. The average Bonchev–Trinajstić information content (AvgIpc) is 2.82. The number of rotatable bonds is 5. The smallest absolute Gasteiger partial charge is 0.258 e. The summed E-state index contributed by atoms with van der Waals surface area (Å²) in [4.78, 5) is 8.40. The Morgan fingerprint density at radius 3 is 2.79 bits per heavy atom. The second kappa shape index (κ2) is 5.79. The molecule has 2 rings (SSSR count). The molecular weight excluding hydrogens is 244 g/mol. The minimum Gasteiger partial charge on any atom is -0.394 e. The van der Waals surface area contributed by atoms with Crippen LogP contribution in [0.4, 0.5) is 5.82 Å². The van der Waals surface area contributed by atoms with Crippen molar-refractivity contribution in [1.82, 2.24) is 15.1 Å². The van der Waals surface area contributed by atoms with Crippen LogP contribution in [0.2, 0.25) is 0 Å². The van der Waals surface area contributed by atoms with Crippen molar-refractivity contribution in [1.29, 1.82) is 0 Å². The monoisotopic (exact) mass is 262 g/mol. The Balaban J connectivity index is 2.20. The number of aliphatic hydroxyl groups is 1. The number of anilines is 1. The van der Waals surface area contributed by atoms with Gasteiger partial charge in [0.1, 0.15) is 5.82 Å². The van der Waals surface area contributed by atoms with Crippen molar-refractivity contribution in [3.8, 4) is 11.5 Å². The summed E-state index contributed by atoms with van der Waals surface area (Å²) in [6.07, 6.45) is 1.67. The van der Waals surface area contributed by atoms with Crippen LogP contribution in [-0.2, 0) is 0 Å². The Morgan fingerprint density at radius 2 is 2.21 bits per heavy atom. The van der Waals surface area contributed by atoms with Crippen molar-refractivity contribution in [3.63, 3.8) is 0 Å². The van der Waals surface area contributed by atoms with E-state index in [-0.39, 0.29) is 12.6 Å². The molecule has 0 aliphatic carbocycles. The summed E-state index contributed by atoms with van der Waals surface area (Å²) in [6.45, 7) is 5.91. The minimum atomic E-state index is -0.0350. The highest BCUT2D eigenvalue weighted by molar-refractivity contribution is 5.58. The number of aryl methyl sites for hydroxylation is 1. The van der Waals surface area contributed by atoms with Crippen molar-refractivity contribution in [3.05, 3.63) is 24.2 Å². The van der Waals surface area contributed by atoms with Gasteiger partial charge in [-0.05, 0) is 25.0 Å². The summed E-state index contributed by atoms with van der Waals surface area (Å²) in [7, 11) is 0. The summed E-state index contributed by atoms with van der Waals surface area (Å²) in [5.41, 5.74) is 0.804. The number of nitrogens with zero attached hydrogens (tertiary/aromatic N) is 3. The summed E-state index contributed by atoms with van der Waals surface area (Å²) >= 11 is 0. The molecule has 6 heteroatoms. The second-order valence-corrected chi connectivity index (χ2v) is 4.75. The van der Waals surface area contributed by atoms with E-state index in [0.717, 1.165) is 5.56 Å². The normalized spacial score (nSPS) is 12.7. The number of hydrogen-bond donors (Lipinski definition) is 2. The van der Waals surface area contributed by atoms with E-state index in [1.165, 1.54) is 0 Å². The Hall–Kier alpha value is -1.95. The maximum Gasteiger partial charge on any atom is 0.258 e. The first-order valence-corrected chi connectivity index (χ1v) is 6.24. The van der Waals surface area contributed by atoms with E-state index in [4.69, 9.17) is 4.52 Å². The van der Waals surface area contributed by atoms with Crippen LogP contribution in [0.1, 0.15) is 19.7 Å². The quantitative estimate of drug-likeness (QED) is 0.855. The van der Waals surface area contributed by atoms with E-state index in [0.29, 0.717) is 23.5 Å². The first kappa shape index (κ1) is 13.5. The molecule has 102 valence electrons. The highest BCUT2D eigenvalue weighted by atomic mass is 16.5. The highest BCUT2D eigenvalue weighted by Gasteiger charge is 2.13. The van der Waals surface area contributed by atoms with E-state index in [9.17, 15) is 5.11 Å². The van der Waals surface area contributed by atoms with Crippen molar-refractivity contribution in [2.45, 2.75) is 26.8 Å². The third-order valence-corrected chi connectivity index (χ3v) is 2.87. The molecule has 2 aromatic rings. The zero-order chi connectivity index (χ0) is 13.8. The molecule has 0 aliphatic heterocycles. The third kappa shape index (κ3) is 3.29. The third-order valence-electron chi connectivity index (χ3n) is 2.87. The lowest BCUT2D eigenvalue weighted by atomic mass is 10.1. The molecule has 6 nitrogen and oxygen atoms in total. The van der Waals surface area contributed by atoms with Crippen LogP contribution in [0.25, 0.3) is 11.5 Å². The summed E-state index contributed by atoms with van der Waals surface area (Å²) in [5, 5.41) is 16.3. The lowest BCUT2D eigenvalue weighted by Gasteiger charge is -2.20.